The van der Waals surface area contributed by atoms with E-state index in [0.29, 0.717) is 35.8 Å². The minimum atomic E-state index is -0.584. The number of carbonyl (C=O) groups is 1. The molecule has 0 radical (unpaired) electrons. The van der Waals surface area contributed by atoms with Crippen LogP contribution in [-0.4, -0.2) is 70.0 Å². The zero-order chi connectivity index (χ0) is 28.2. The van der Waals surface area contributed by atoms with Crippen LogP contribution in [0.2, 0.25) is 0 Å². The zero-order valence-corrected chi connectivity index (χ0v) is 23.0. The second-order valence-electron chi connectivity index (χ2n) is 9.72. The van der Waals surface area contributed by atoms with Crippen molar-refractivity contribution in [2.75, 3.05) is 34.4 Å². The molecule has 2 aromatic heterocycles. The van der Waals surface area contributed by atoms with E-state index in [-0.39, 0.29) is 24.5 Å². The molecule has 1 aliphatic rings. The molecule has 5 rings (SSSR count). The molecular weight excluding hydrogens is 517 g/mol. The first kappa shape index (κ1) is 27.3. The Labute approximate surface area is 231 Å². The SMILES string of the molecule is COCc1nn(Cc2ccc3c(c2)CN(C)CCO3)cc1C(=O)NCc1c(-n2cc(C)nn2)ccc(OC)c1F. The monoisotopic (exact) mass is 549 g/mol. The number of halogens is 1. The summed E-state index contributed by atoms with van der Waals surface area (Å²) in [6, 6.07) is 9.28. The van der Waals surface area contributed by atoms with E-state index in [2.05, 4.69) is 38.7 Å². The molecule has 0 saturated carbocycles. The predicted molar refractivity (Wildman–Crippen MR) is 144 cm³/mol. The third kappa shape index (κ3) is 5.82. The first-order chi connectivity index (χ1) is 19.4. The summed E-state index contributed by atoms with van der Waals surface area (Å²) in [6.07, 6.45) is 3.36. The summed E-state index contributed by atoms with van der Waals surface area (Å²) in [7, 11) is 5.00. The molecule has 11 nitrogen and oxygen atoms in total. The zero-order valence-electron chi connectivity index (χ0n) is 23.0. The van der Waals surface area contributed by atoms with Crippen molar-refractivity contribution in [2.45, 2.75) is 33.2 Å². The maximum absolute atomic E-state index is 15.3. The van der Waals surface area contributed by atoms with Crippen molar-refractivity contribution >= 4 is 5.91 Å². The molecule has 0 fully saturated rings. The van der Waals surface area contributed by atoms with Crippen molar-refractivity contribution in [3.05, 3.63) is 82.2 Å². The minimum absolute atomic E-state index is 0.0649. The number of likely N-dealkylation sites (N-methyl/N-ethyl adjacent to an activating group) is 1. The Balaban J connectivity index is 1.37. The first-order valence-electron chi connectivity index (χ1n) is 12.9. The molecule has 0 atom stereocenters. The maximum atomic E-state index is 15.3. The van der Waals surface area contributed by atoms with E-state index in [4.69, 9.17) is 14.2 Å². The van der Waals surface area contributed by atoms with Crippen LogP contribution in [0.4, 0.5) is 4.39 Å². The van der Waals surface area contributed by atoms with E-state index in [1.807, 2.05) is 12.1 Å². The number of fused-ring (bicyclic) bond motifs is 1. The minimum Gasteiger partial charge on any atom is -0.494 e. The lowest BCUT2D eigenvalue weighted by atomic mass is 10.1. The van der Waals surface area contributed by atoms with E-state index in [0.717, 1.165) is 30.0 Å². The smallest absolute Gasteiger partial charge is 0.255 e. The topological polar surface area (TPSA) is 109 Å². The number of aryl methyl sites for hydroxylation is 1. The number of aromatic nitrogens is 5. The summed E-state index contributed by atoms with van der Waals surface area (Å²) in [5.74, 6) is -0.0359. The van der Waals surface area contributed by atoms with E-state index >= 15 is 4.39 Å². The summed E-state index contributed by atoms with van der Waals surface area (Å²) in [5, 5.41) is 15.5. The van der Waals surface area contributed by atoms with Gasteiger partial charge in [-0.25, -0.2) is 9.07 Å². The Bertz CT molecular complexity index is 1520. The second kappa shape index (κ2) is 11.8. The third-order valence-electron chi connectivity index (χ3n) is 6.69. The summed E-state index contributed by atoms with van der Waals surface area (Å²) in [6.45, 7) is 4.60. The molecule has 1 aliphatic heterocycles. The molecule has 3 heterocycles. The van der Waals surface area contributed by atoms with Crippen LogP contribution in [-0.2, 0) is 31.0 Å². The van der Waals surface area contributed by atoms with Gasteiger partial charge in [-0.1, -0.05) is 11.3 Å². The molecule has 210 valence electrons. The van der Waals surface area contributed by atoms with Crippen molar-refractivity contribution in [2.24, 2.45) is 0 Å². The molecule has 0 aliphatic carbocycles. The van der Waals surface area contributed by atoms with Crippen LogP contribution in [0, 0.1) is 12.7 Å². The van der Waals surface area contributed by atoms with E-state index in [9.17, 15) is 4.79 Å². The maximum Gasteiger partial charge on any atom is 0.255 e. The Morgan fingerprint density at radius 3 is 2.80 bits per heavy atom. The second-order valence-corrected chi connectivity index (χ2v) is 9.72. The Kier molecular flexibility index (Phi) is 8.08. The van der Waals surface area contributed by atoms with E-state index < -0.39 is 11.7 Å². The van der Waals surface area contributed by atoms with E-state index in [1.54, 1.807) is 37.2 Å². The number of carbonyl (C=O) groups excluding carboxylic acids is 1. The van der Waals surface area contributed by atoms with Crippen LogP contribution < -0.4 is 14.8 Å². The number of ether oxygens (including phenoxy) is 3. The lowest BCUT2D eigenvalue weighted by Crippen LogP contribution is -2.25. The molecule has 1 N–H and O–H groups in total. The highest BCUT2D eigenvalue weighted by Crippen LogP contribution is 2.27. The molecule has 12 heteroatoms. The largest absolute Gasteiger partial charge is 0.494 e. The van der Waals surface area contributed by atoms with Crippen molar-refractivity contribution in [1.82, 2.24) is 35.0 Å². The standard InChI is InChI=1S/C28H32FN7O4/c1-18-13-36(33-31-18)24-6-8-26(39-4)27(29)21(24)12-30-28(37)22-16-35(32-23(22)17-38-3)14-19-5-7-25-20(11-19)15-34(2)9-10-40-25/h5-8,11,13,16H,9-10,12,14-15,17H2,1-4H3,(H,30,37). The van der Waals surface area contributed by atoms with Gasteiger partial charge in [0.15, 0.2) is 11.6 Å². The van der Waals surface area contributed by atoms with Crippen LogP contribution in [0.5, 0.6) is 11.5 Å². The van der Waals surface area contributed by atoms with Gasteiger partial charge in [-0.3, -0.25) is 14.4 Å². The number of nitrogens with one attached hydrogen (secondary N) is 1. The molecular formula is C28H32FN7O4. The van der Waals surface area contributed by atoms with Gasteiger partial charge in [0, 0.05) is 44.1 Å². The summed E-state index contributed by atoms with van der Waals surface area (Å²) in [5.41, 5.74) is 4.31. The summed E-state index contributed by atoms with van der Waals surface area (Å²) >= 11 is 0. The number of hydrogen-bond donors (Lipinski definition) is 1. The molecule has 0 unspecified atom stereocenters. The highest BCUT2D eigenvalue weighted by Gasteiger charge is 2.21. The number of rotatable bonds is 9. The van der Waals surface area contributed by atoms with Gasteiger partial charge in [0.2, 0.25) is 0 Å². The fourth-order valence-electron chi connectivity index (χ4n) is 4.70. The fraction of sp³-hybridized carbons (Fsp3) is 0.357. The lowest BCUT2D eigenvalue weighted by molar-refractivity contribution is 0.0945. The Hall–Kier alpha value is -4.29. The van der Waals surface area contributed by atoms with Gasteiger partial charge in [-0.05, 0) is 43.8 Å². The average molecular weight is 550 g/mol. The van der Waals surface area contributed by atoms with Crippen molar-refractivity contribution in [3.8, 4) is 17.2 Å². The average Bonchev–Trinajstić information content (AvgIpc) is 3.49. The summed E-state index contributed by atoms with van der Waals surface area (Å²) in [4.78, 5) is 15.5. The molecule has 0 saturated heterocycles. The first-order valence-corrected chi connectivity index (χ1v) is 12.9. The Morgan fingerprint density at radius 1 is 1.20 bits per heavy atom. The van der Waals surface area contributed by atoms with Crippen molar-refractivity contribution in [1.29, 1.82) is 0 Å². The lowest BCUT2D eigenvalue weighted by Gasteiger charge is -2.14. The normalized spacial score (nSPS) is 13.4. The molecule has 40 heavy (non-hydrogen) atoms. The number of hydrogen-bond acceptors (Lipinski definition) is 8. The predicted octanol–water partition coefficient (Wildman–Crippen LogP) is 2.87. The van der Waals surface area contributed by atoms with Gasteiger partial charge < -0.3 is 19.5 Å². The van der Waals surface area contributed by atoms with Gasteiger partial charge in [0.25, 0.3) is 5.91 Å². The quantitative estimate of drug-likeness (QED) is 0.340. The van der Waals surface area contributed by atoms with Crippen molar-refractivity contribution < 1.29 is 23.4 Å². The summed E-state index contributed by atoms with van der Waals surface area (Å²) < 4.78 is 34.8. The number of nitrogens with zero attached hydrogens (tertiary/aromatic N) is 6. The van der Waals surface area contributed by atoms with Crippen LogP contribution >= 0.6 is 0 Å². The fourth-order valence-corrected chi connectivity index (χ4v) is 4.70. The van der Waals surface area contributed by atoms with Gasteiger partial charge >= 0.3 is 0 Å². The number of amides is 1. The molecule has 0 spiro atoms. The van der Waals surface area contributed by atoms with Crippen molar-refractivity contribution in [3.63, 3.8) is 0 Å². The van der Waals surface area contributed by atoms with Crippen LogP contribution in [0.3, 0.4) is 0 Å². The highest BCUT2D eigenvalue weighted by molar-refractivity contribution is 5.95. The van der Waals surface area contributed by atoms with Gasteiger partial charge in [-0.15, -0.1) is 5.10 Å². The molecule has 4 aromatic rings. The molecule has 0 bridgehead atoms. The van der Waals surface area contributed by atoms with Gasteiger partial charge in [-0.2, -0.15) is 5.10 Å². The Morgan fingerprint density at radius 2 is 2.05 bits per heavy atom. The van der Waals surface area contributed by atoms with Crippen LogP contribution in [0.15, 0.2) is 42.7 Å². The van der Waals surface area contributed by atoms with Crippen LogP contribution in [0.1, 0.15) is 38.4 Å². The number of benzene rings is 2. The molecule has 1 amide bonds. The van der Waals surface area contributed by atoms with Crippen LogP contribution in [0.25, 0.3) is 5.69 Å². The number of methoxy groups -OCH3 is 2. The molecule has 2 aromatic carbocycles. The highest BCUT2D eigenvalue weighted by atomic mass is 19.1. The van der Waals surface area contributed by atoms with E-state index in [1.165, 1.54) is 17.9 Å². The van der Waals surface area contributed by atoms with Gasteiger partial charge in [0.05, 0.1) is 43.4 Å². The van der Waals surface area contributed by atoms with Gasteiger partial charge in [0.1, 0.15) is 18.1 Å². The third-order valence-corrected chi connectivity index (χ3v) is 6.69.